The number of aromatic amines is 1. The van der Waals surface area contributed by atoms with Gasteiger partial charge in [0.2, 0.25) is 0 Å². The Morgan fingerprint density at radius 2 is 1.67 bits per heavy atom. The van der Waals surface area contributed by atoms with Crippen LogP contribution in [0.5, 0.6) is 0 Å². The zero-order valence-corrected chi connectivity index (χ0v) is 10.8. The van der Waals surface area contributed by atoms with Crippen LogP contribution in [0.3, 0.4) is 0 Å². The van der Waals surface area contributed by atoms with E-state index in [-0.39, 0.29) is 16.8 Å². The van der Waals surface area contributed by atoms with Gasteiger partial charge < -0.3 is 4.84 Å². The maximum Gasteiger partial charge on any atom is 0.381 e. The van der Waals surface area contributed by atoms with E-state index in [0.29, 0.717) is 5.06 Å². The number of hydrogen-bond donors (Lipinski definition) is 1. The molecule has 0 saturated heterocycles. The molecule has 2 heterocycles. The average molecular weight is 287 g/mol. The van der Waals surface area contributed by atoms with Crippen molar-refractivity contribution in [3.05, 3.63) is 57.5 Å². The zero-order valence-electron chi connectivity index (χ0n) is 10.8. The molecule has 2 amide bonds. The van der Waals surface area contributed by atoms with Gasteiger partial charge in [0.25, 0.3) is 17.4 Å². The van der Waals surface area contributed by atoms with E-state index in [4.69, 9.17) is 4.84 Å². The van der Waals surface area contributed by atoms with Crippen LogP contribution in [0, 0.1) is 0 Å². The van der Waals surface area contributed by atoms with Crippen molar-refractivity contribution >= 4 is 17.8 Å². The van der Waals surface area contributed by atoms with Gasteiger partial charge in [0.15, 0.2) is 0 Å². The Morgan fingerprint density at radius 3 is 2.14 bits per heavy atom. The highest BCUT2D eigenvalue weighted by molar-refractivity contribution is 6.21. The van der Waals surface area contributed by atoms with Gasteiger partial charge in [-0.25, -0.2) is 4.79 Å². The van der Waals surface area contributed by atoms with Crippen LogP contribution in [0.25, 0.3) is 0 Å². The molecule has 8 nitrogen and oxygen atoms in total. The van der Waals surface area contributed by atoms with Crippen molar-refractivity contribution in [3.8, 4) is 0 Å². The van der Waals surface area contributed by atoms with Gasteiger partial charge >= 0.3 is 5.97 Å². The summed E-state index contributed by atoms with van der Waals surface area (Å²) in [6, 6.07) is 7.15. The van der Waals surface area contributed by atoms with Gasteiger partial charge in [-0.1, -0.05) is 17.2 Å². The standard InChI is InChI=1S/C13H9N3O5/c1-15-10(17)6-9(14-15)13(20)21-16-11(18)7-4-2-3-5-8(7)12(16)19/h2-6,14H,1H3. The molecule has 1 aromatic heterocycles. The number of carbonyl (C=O) groups is 3. The van der Waals surface area contributed by atoms with Crippen LogP contribution in [-0.4, -0.2) is 32.6 Å². The maximum absolute atomic E-state index is 12.0. The van der Waals surface area contributed by atoms with Gasteiger partial charge in [-0.2, -0.15) is 0 Å². The second-order valence-electron chi connectivity index (χ2n) is 4.40. The zero-order chi connectivity index (χ0) is 15.1. The van der Waals surface area contributed by atoms with E-state index in [1.54, 1.807) is 12.1 Å². The largest absolute Gasteiger partial charge is 0.381 e. The molecule has 0 atom stereocenters. The number of hydrogen-bond acceptors (Lipinski definition) is 5. The number of amides is 2. The van der Waals surface area contributed by atoms with Gasteiger partial charge in [-0.05, 0) is 12.1 Å². The van der Waals surface area contributed by atoms with Crippen molar-refractivity contribution in [2.24, 2.45) is 7.05 Å². The normalized spacial score (nSPS) is 13.5. The van der Waals surface area contributed by atoms with Gasteiger partial charge in [0.05, 0.1) is 11.1 Å². The van der Waals surface area contributed by atoms with Crippen LogP contribution in [0.15, 0.2) is 35.1 Å². The van der Waals surface area contributed by atoms with Crippen LogP contribution in [0.1, 0.15) is 31.2 Å². The number of aromatic nitrogens is 2. The van der Waals surface area contributed by atoms with E-state index in [1.165, 1.54) is 19.2 Å². The lowest BCUT2D eigenvalue weighted by Gasteiger charge is -2.11. The van der Waals surface area contributed by atoms with Crippen molar-refractivity contribution in [2.75, 3.05) is 0 Å². The van der Waals surface area contributed by atoms with E-state index in [1.807, 2.05) is 0 Å². The van der Waals surface area contributed by atoms with Gasteiger partial charge in [-0.3, -0.25) is 24.2 Å². The molecule has 0 radical (unpaired) electrons. The Morgan fingerprint density at radius 1 is 1.10 bits per heavy atom. The second kappa shape index (κ2) is 4.44. The molecule has 1 aromatic carbocycles. The molecule has 106 valence electrons. The first-order chi connectivity index (χ1) is 9.99. The molecular formula is C13H9N3O5. The minimum Gasteiger partial charge on any atom is -0.323 e. The van der Waals surface area contributed by atoms with Crippen molar-refractivity contribution < 1.29 is 19.2 Å². The van der Waals surface area contributed by atoms with Crippen molar-refractivity contribution in [1.82, 2.24) is 14.8 Å². The van der Waals surface area contributed by atoms with Crippen molar-refractivity contribution in [3.63, 3.8) is 0 Å². The Kier molecular flexibility index (Phi) is 2.72. The van der Waals surface area contributed by atoms with Crippen LogP contribution in [0.4, 0.5) is 0 Å². The number of imide groups is 1. The van der Waals surface area contributed by atoms with Gasteiger partial charge in [0.1, 0.15) is 5.69 Å². The lowest BCUT2D eigenvalue weighted by molar-refractivity contribution is -0.0588. The summed E-state index contributed by atoms with van der Waals surface area (Å²) in [5, 5.41) is 2.84. The Bertz CT molecular complexity index is 797. The molecule has 2 aromatic rings. The summed E-state index contributed by atoms with van der Waals surface area (Å²) in [5.41, 5.74) is -0.267. The van der Waals surface area contributed by atoms with Crippen LogP contribution in [-0.2, 0) is 11.9 Å². The molecule has 0 fully saturated rings. The van der Waals surface area contributed by atoms with Crippen molar-refractivity contribution in [1.29, 1.82) is 0 Å². The smallest absolute Gasteiger partial charge is 0.323 e. The van der Waals surface area contributed by atoms with Crippen LogP contribution >= 0.6 is 0 Å². The van der Waals surface area contributed by atoms with E-state index in [9.17, 15) is 19.2 Å². The number of rotatable bonds is 2. The predicted octanol–water partition coefficient (Wildman–Crippen LogP) is 0.0814. The topological polar surface area (TPSA) is 101 Å². The fourth-order valence-electron chi connectivity index (χ4n) is 1.98. The number of carbonyl (C=O) groups excluding carboxylic acids is 3. The van der Waals surface area contributed by atoms with E-state index in [0.717, 1.165) is 10.7 Å². The van der Waals surface area contributed by atoms with Gasteiger partial charge in [-0.15, -0.1) is 0 Å². The summed E-state index contributed by atoms with van der Waals surface area (Å²) < 4.78 is 1.07. The summed E-state index contributed by atoms with van der Waals surface area (Å²) in [4.78, 5) is 51.9. The number of nitrogens with zero attached hydrogens (tertiary/aromatic N) is 2. The quantitative estimate of drug-likeness (QED) is 0.788. The predicted molar refractivity (Wildman–Crippen MR) is 68.4 cm³/mol. The Hall–Kier alpha value is -3.16. The first kappa shape index (κ1) is 12.9. The summed E-state index contributed by atoms with van der Waals surface area (Å²) in [7, 11) is 1.42. The highest BCUT2D eigenvalue weighted by Gasteiger charge is 2.39. The molecule has 0 spiro atoms. The first-order valence-electron chi connectivity index (χ1n) is 5.95. The summed E-state index contributed by atoms with van der Waals surface area (Å²) in [5.74, 6) is -2.44. The number of hydroxylamine groups is 2. The molecule has 3 rings (SSSR count). The lowest BCUT2D eigenvalue weighted by atomic mass is 10.1. The van der Waals surface area contributed by atoms with E-state index < -0.39 is 23.3 Å². The molecule has 8 heteroatoms. The molecule has 0 aliphatic carbocycles. The molecule has 0 saturated carbocycles. The number of fused-ring (bicyclic) bond motifs is 1. The minimum atomic E-state index is -0.998. The van der Waals surface area contributed by atoms with Crippen molar-refractivity contribution in [2.45, 2.75) is 0 Å². The second-order valence-corrected chi connectivity index (χ2v) is 4.40. The van der Waals surface area contributed by atoms with Crippen LogP contribution in [0.2, 0.25) is 0 Å². The number of benzene rings is 1. The number of H-pyrrole nitrogens is 1. The fourth-order valence-corrected chi connectivity index (χ4v) is 1.98. The third-order valence-electron chi connectivity index (χ3n) is 3.04. The summed E-state index contributed by atoms with van der Waals surface area (Å²) in [6.07, 6.45) is 0. The first-order valence-corrected chi connectivity index (χ1v) is 5.95. The molecule has 0 bridgehead atoms. The summed E-state index contributed by atoms with van der Waals surface area (Å²) in [6.45, 7) is 0. The third kappa shape index (κ3) is 1.93. The number of nitrogens with one attached hydrogen (secondary N) is 1. The number of aryl methyl sites for hydroxylation is 1. The lowest BCUT2D eigenvalue weighted by Crippen LogP contribution is -2.32. The van der Waals surface area contributed by atoms with E-state index in [2.05, 4.69) is 5.10 Å². The molecule has 1 aliphatic heterocycles. The summed E-state index contributed by atoms with van der Waals surface area (Å²) >= 11 is 0. The van der Waals surface area contributed by atoms with E-state index >= 15 is 0 Å². The fraction of sp³-hybridized carbons (Fsp3) is 0.0769. The highest BCUT2D eigenvalue weighted by Crippen LogP contribution is 2.22. The molecule has 1 aliphatic rings. The monoisotopic (exact) mass is 287 g/mol. The minimum absolute atomic E-state index is 0.154. The Balaban J connectivity index is 1.87. The van der Waals surface area contributed by atoms with Crippen LogP contribution < -0.4 is 5.56 Å². The molecule has 1 N–H and O–H groups in total. The molecular weight excluding hydrogens is 278 g/mol. The average Bonchev–Trinajstić information content (AvgIpc) is 2.93. The molecule has 0 unspecified atom stereocenters. The van der Waals surface area contributed by atoms with Gasteiger partial charge in [0, 0.05) is 13.1 Å². The highest BCUT2D eigenvalue weighted by atomic mass is 16.7. The SMILES string of the molecule is Cn1[nH]c(C(=O)ON2C(=O)c3ccccc3C2=O)cc1=O. The molecule has 21 heavy (non-hydrogen) atoms. The Labute approximate surface area is 117 Å². The maximum atomic E-state index is 12.0. The third-order valence-corrected chi connectivity index (χ3v) is 3.04.